The van der Waals surface area contributed by atoms with Crippen LogP contribution < -0.4 is 5.32 Å². The third-order valence-corrected chi connectivity index (χ3v) is 1.37. The number of ether oxygens (including phenoxy) is 1. The lowest BCUT2D eigenvalue weighted by atomic mass is 10.3. The maximum Gasteiger partial charge on any atom is 0.322 e. The van der Waals surface area contributed by atoms with Gasteiger partial charge in [-0.2, -0.15) is 0 Å². The average Bonchev–Trinajstić information content (AvgIpc) is 2.00. The standard InChI is InChI=1S/C8H14ClNO2/c1-4-12-8(11)7(3)10-5-6(2)9/h7,10H,2,4-5H2,1,3H3. The van der Waals surface area contributed by atoms with Crippen molar-refractivity contribution in [3.05, 3.63) is 11.6 Å². The second-order valence-electron chi connectivity index (χ2n) is 2.37. The van der Waals surface area contributed by atoms with Gasteiger partial charge in [0.25, 0.3) is 0 Å². The Morgan fingerprint density at radius 3 is 2.75 bits per heavy atom. The first-order valence-corrected chi connectivity index (χ1v) is 4.19. The number of hydrogen-bond acceptors (Lipinski definition) is 3. The van der Waals surface area contributed by atoms with Crippen molar-refractivity contribution in [2.24, 2.45) is 0 Å². The molecule has 0 aromatic rings. The molecular weight excluding hydrogens is 178 g/mol. The van der Waals surface area contributed by atoms with Crippen LogP contribution in [0.2, 0.25) is 0 Å². The number of esters is 1. The van der Waals surface area contributed by atoms with Gasteiger partial charge in [0.15, 0.2) is 0 Å². The largest absolute Gasteiger partial charge is 0.465 e. The predicted molar refractivity (Wildman–Crippen MR) is 49.1 cm³/mol. The Labute approximate surface area is 77.7 Å². The molecule has 3 nitrogen and oxygen atoms in total. The SMILES string of the molecule is C=C(Cl)CNC(C)C(=O)OCC. The summed E-state index contributed by atoms with van der Waals surface area (Å²) in [5.41, 5.74) is 0. The second-order valence-corrected chi connectivity index (χ2v) is 2.91. The van der Waals surface area contributed by atoms with Gasteiger partial charge in [0.05, 0.1) is 6.61 Å². The van der Waals surface area contributed by atoms with Crippen molar-refractivity contribution in [2.75, 3.05) is 13.2 Å². The Balaban J connectivity index is 3.63. The van der Waals surface area contributed by atoms with Gasteiger partial charge in [0, 0.05) is 11.6 Å². The molecular formula is C8H14ClNO2. The third-order valence-electron chi connectivity index (χ3n) is 1.24. The van der Waals surface area contributed by atoms with Crippen molar-refractivity contribution in [1.29, 1.82) is 0 Å². The fourth-order valence-corrected chi connectivity index (χ4v) is 0.692. The summed E-state index contributed by atoms with van der Waals surface area (Å²) < 4.78 is 4.76. The van der Waals surface area contributed by atoms with Crippen molar-refractivity contribution in [3.63, 3.8) is 0 Å². The predicted octanol–water partition coefficient (Wildman–Crippen LogP) is 1.28. The van der Waals surface area contributed by atoms with Crippen LogP contribution in [0.1, 0.15) is 13.8 Å². The molecule has 0 aromatic heterocycles. The molecule has 0 aromatic carbocycles. The number of rotatable bonds is 5. The minimum Gasteiger partial charge on any atom is -0.465 e. The molecule has 0 bridgehead atoms. The van der Waals surface area contributed by atoms with Crippen LogP contribution in [0.15, 0.2) is 11.6 Å². The lowest BCUT2D eigenvalue weighted by molar-refractivity contribution is -0.145. The summed E-state index contributed by atoms with van der Waals surface area (Å²) in [6.45, 7) is 7.79. The van der Waals surface area contributed by atoms with Crippen LogP contribution in [0.3, 0.4) is 0 Å². The van der Waals surface area contributed by atoms with E-state index in [1.54, 1.807) is 13.8 Å². The van der Waals surface area contributed by atoms with E-state index < -0.39 is 0 Å². The van der Waals surface area contributed by atoms with Crippen molar-refractivity contribution >= 4 is 17.6 Å². The lowest BCUT2D eigenvalue weighted by Gasteiger charge is -2.11. The maximum absolute atomic E-state index is 11.0. The molecule has 0 rings (SSSR count). The number of nitrogens with one attached hydrogen (secondary N) is 1. The zero-order valence-electron chi connectivity index (χ0n) is 7.39. The van der Waals surface area contributed by atoms with Crippen LogP contribution in [0.25, 0.3) is 0 Å². The number of halogens is 1. The van der Waals surface area contributed by atoms with Crippen LogP contribution in [0.5, 0.6) is 0 Å². The molecule has 0 heterocycles. The Kier molecular flexibility index (Phi) is 5.76. The summed E-state index contributed by atoms with van der Waals surface area (Å²) in [5, 5.41) is 3.34. The molecule has 0 saturated heterocycles. The quantitative estimate of drug-likeness (QED) is 0.666. The zero-order chi connectivity index (χ0) is 9.56. The summed E-state index contributed by atoms with van der Waals surface area (Å²) in [6.07, 6.45) is 0. The Morgan fingerprint density at radius 2 is 2.33 bits per heavy atom. The second kappa shape index (κ2) is 6.03. The van der Waals surface area contributed by atoms with E-state index >= 15 is 0 Å². The highest BCUT2D eigenvalue weighted by Gasteiger charge is 2.12. The van der Waals surface area contributed by atoms with Crippen LogP contribution in [0, 0.1) is 0 Å². The normalized spacial score (nSPS) is 12.2. The van der Waals surface area contributed by atoms with Gasteiger partial charge in [0.2, 0.25) is 0 Å². The van der Waals surface area contributed by atoms with Crippen molar-refractivity contribution in [3.8, 4) is 0 Å². The van der Waals surface area contributed by atoms with Gasteiger partial charge in [0.1, 0.15) is 6.04 Å². The van der Waals surface area contributed by atoms with Crippen LogP contribution in [-0.4, -0.2) is 25.2 Å². The van der Waals surface area contributed by atoms with Gasteiger partial charge >= 0.3 is 5.97 Å². The van der Waals surface area contributed by atoms with Crippen LogP contribution in [-0.2, 0) is 9.53 Å². The van der Waals surface area contributed by atoms with Gasteiger partial charge in [-0.15, -0.1) is 0 Å². The third kappa shape index (κ3) is 5.16. The van der Waals surface area contributed by atoms with Gasteiger partial charge in [-0.25, -0.2) is 0 Å². The fourth-order valence-electron chi connectivity index (χ4n) is 0.614. The zero-order valence-corrected chi connectivity index (χ0v) is 8.15. The molecule has 12 heavy (non-hydrogen) atoms. The molecule has 1 atom stereocenters. The van der Waals surface area contributed by atoms with E-state index in [2.05, 4.69) is 11.9 Å². The molecule has 0 fully saturated rings. The molecule has 1 N–H and O–H groups in total. The summed E-state index contributed by atoms with van der Waals surface area (Å²) in [4.78, 5) is 11.0. The minimum atomic E-state index is -0.333. The van der Waals surface area contributed by atoms with Gasteiger partial charge in [-0.05, 0) is 13.8 Å². The molecule has 4 heteroatoms. The smallest absolute Gasteiger partial charge is 0.322 e. The average molecular weight is 192 g/mol. The molecule has 0 aliphatic carbocycles. The molecule has 0 saturated carbocycles. The van der Waals surface area contributed by atoms with E-state index in [9.17, 15) is 4.79 Å². The first-order chi connectivity index (χ1) is 5.57. The first kappa shape index (κ1) is 11.5. The fraction of sp³-hybridized carbons (Fsp3) is 0.625. The van der Waals surface area contributed by atoms with Gasteiger partial charge in [-0.3, -0.25) is 10.1 Å². The van der Waals surface area contributed by atoms with E-state index in [0.29, 0.717) is 18.2 Å². The Bertz CT molecular complexity index is 170. The van der Waals surface area contributed by atoms with E-state index in [-0.39, 0.29) is 12.0 Å². The molecule has 0 spiro atoms. The number of hydrogen-bond donors (Lipinski definition) is 1. The molecule has 1 unspecified atom stereocenters. The highest BCUT2D eigenvalue weighted by Crippen LogP contribution is 1.95. The van der Waals surface area contributed by atoms with E-state index in [1.807, 2.05) is 0 Å². The lowest BCUT2D eigenvalue weighted by Crippen LogP contribution is -2.35. The monoisotopic (exact) mass is 191 g/mol. The highest BCUT2D eigenvalue weighted by atomic mass is 35.5. The minimum absolute atomic E-state index is 0.268. The summed E-state index contributed by atoms with van der Waals surface area (Å²) >= 11 is 5.49. The topological polar surface area (TPSA) is 38.3 Å². The summed E-state index contributed by atoms with van der Waals surface area (Å²) in [7, 11) is 0. The molecule has 70 valence electrons. The van der Waals surface area contributed by atoms with Crippen LogP contribution >= 0.6 is 11.6 Å². The number of carbonyl (C=O) groups excluding carboxylic acids is 1. The van der Waals surface area contributed by atoms with E-state index in [4.69, 9.17) is 16.3 Å². The maximum atomic E-state index is 11.0. The van der Waals surface area contributed by atoms with E-state index in [1.165, 1.54) is 0 Å². The molecule has 0 aliphatic rings. The molecule has 0 amide bonds. The van der Waals surface area contributed by atoms with Gasteiger partial charge in [-0.1, -0.05) is 18.2 Å². The van der Waals surface area contributed by atoms with Crippen molar-refractivity contribution in [1.82, 2.24) is 5.32 Å². The van der Waals surface area contributed by atoms with Crippen molar-refractivity contribution < 1.29 is 9.53 Å². The number of carbonyl (C=O) groups is 1. The Hall–Kier alpha value is -0.540. The molecule has 0 radical (unpaired) electrons. The Morgan fingerprint density at radius 1 is 1.75 bits per heavy atom. The van der Waals surface area contributed by atoms with E-state index in [0.717, 1.165) is 0 Å². The summed E-state index contributed by atoms with van der Waals surface area (Å²) in [6, 6.07) is -0.333. The van der Waals surface area contributed by atoms with Gasteiger partial charge < -0.3 is 4.74 Å². The first-order valence-electron chi connectivity index (χ1n) is 3.81. The summed E-state index contributed by atoms with van der Waals surface area (Å²) in [5.74, 6) is -0.268. The molecule has 0 aliphatic heterocycles. The highest BCUT2D eigenvalue weighted by molar-refractivity contribution is 6.29. The van der Waals surface area contributed by atoms with Crippen molar-refractivity contribution in [2.45, 2.75) is 19.9 Å². The van der Waals surface area contributed by atoms with Crippen LogP contribution in [0.4, 0.5) is 0 Å².